The van der Waals surface area contributed by atoms with Crippen molar-refractivity contribution in [3.8, 4) is 0 Å². The van der Waals surface area contributed by atoms with E-state index in [4.69, 9.17) is 10.7 Å². The molecular formula is C21H18ClN3. The normalized spacial score (nSPS) is 11.1. The minimum absolute atomic E-state index is 0. The number of pyridine rings is 2. The van der Waals surface area contributed by atoms with Gasteiger partial charge < -0.3 is 5.73 Å². The highest BCUT2D eigenvalue weighted by Gasteiger charge is 2.33. The number of nitrogens with zero attached hydrogens (tertiary/aromatic N) is 2. The molecule has 4 heteroatoms. The van der Waals surface area contributed by atoms with Crippen molar-refractivity contribution < 1.29 is 0 Å². The van der Waals surface area contributed by atoms with Crippen molar-refractivity contribution in [1.82, 2.24) is 9.97 Å². The molecule has 0 spiro atoms. The van der Waals surface area contributed by atoms with Crippen molar-refractivity contribution in [3.05, 3.63) is 108 Å². The van der Waals surface area contributed by atoms with Crippen LogP contribution in [0.3, 0.4) is 0 Å². The van der Waals surface area contributed by atoms with Crippen molar-refractivity contribution in [1.29, 1.82) is 0 Å². The van der Waals surface area contributed by atoms with Gasteiger partial charge in [0.25, 0.3) is 0 Å². The van der Waals surface area contributed by atoms with Crippen molar-refractivity contribution in [2.24, 2.45) is 5.73 Å². The molecule has 4 aromatic rings. The number of rotatable bonds is 3. The van der Waals surface area contributed by atoms with E-state index in [1.54, 1.807) is 6.20 Å². The zero-order valence-electron chi connectivity index (χ0n) is 13.5. The number of fused-ring (bicyclic) bond motifs is 1. The van der Waals surface area contributed by atoms with Crippen LogP contribution in [-0.4, -0.2) is 9.97 Å². The Labute approximate surface area is 153 Å². The van der Waals surface area contributed by atoms with E-state index in [-0.39, 0.29) is 12.4 Å². The van der Waals surface area contributed by atoms with Gasteiger partial charge in [-0.25, -0.2) is 0 Å². The molecule has 2 heterocycles. The fourth-order valence-electron chi connectivity index (χ4n) is 3.05. The fraction of sp³-hybridized carbons (Fsp3) is 0.0476. The first kappa shape index (κ1) is 17.1. The molecule has 0 amide bonds. The van der Waals surface area contributed by atoms with Gasteiger partial charge in [0.05, 0.1) is 11.2 Å². The molecule has 4 rings (SSSR count). The van der Waals surface area contributed by atoms with Crippen molar-refractivity contribution in [2.45, 2.75) is 5.54 Å². The Morgan fingerprint density at radius 3 is 1.92 bits per heavy atom. The van der Waals surface area contributed by atoms with Gasteiger partial charge in [0.2, 0.25) is 0 Å². The predicted octanol–water partition coefficient (Wildman–Crippen LogP) is 4.30. The van der Waals surface area contributed by atoms with Crippen LogP contribution in [0.1, 0.15) is 16.8 Å². The summed E-state index contributed by atoms with van der Waals surface area (Å²) in [5.74, 6) is 0. The van der Waals surface area contributed by atoms with E-state index in [9.17, 15) is 0 Å². The third kappa shape index (κ3) is 3.00. The molecule has 2 aromatic heterocycles. The standard InChI is InChI=1S/C21H17N3.ClH/c22-21(17-7-3-1-4-8-17,18-9-5-2-6-10-18)20-12-11-16-15-23-14-13-19(16)24-20;/h1-15H,22H2;1H. The molecule has 0 unspecified atom stereocenters. The Hall–Kier alpha value is -2.75. The molecule has 25 heavy (non-hydrogen) atoms. The van der Waals surface area contributed by atoms with E-state index in [1.807, 2.05) is 85.1 Å². The van der Waals surface area contributed by atoms with Crippen LogP contribution in [0.5, 0.6) is 0 Å². The number of halogens is 1. The second-order valence-electron chi connectivity index (χ2n) is 5.80. The second-order valence-corrected chi connectivity index (χ2v) is 5.80. The topological polar surface area (TPSA) is 51.8 Å². The number of hydrogen-bond acceptors (Lipinski definition) is 3. The van der Waals surface area contributed by atoms with Gasteiger partial charge in [-0.3, -0.25) is 9.97 Å². The van der Waals surface area contributed by atoms with Gasteiger partial charge in [0, 0.05) is 17.8 Å². The molecule has 0 fully saturated rings. The van der Waals surface area contributed by atoms with Gasteiger partial charge in [-0.2, -0.15) is 0 Å². The molecule has 0 aliphatic carbocycles. The quantitative estimate of drug-likeness (QED) is 0.601. The number of nitrogens with two attached hydrogens (primary N) is 1. The Kier molecular flexibility index (Phi) is 4.79. The summed E-state index contributed by atoms with van der Waals surface area (Å²) >= 11 is 0. The molecule has 0 aliphatic rings. The summed E-state index contributed by atoms with van der Waals surface area (Å²) < 4.78 is 0. The van der Waals surface area contributed by atoms with E-state index < -0.39 is 5.54 Å². The van der Waals surface area contributed by atoms with E-state index in [0.29, 0.717) is 0 Å². The maximum Gasteiger partial charge on any atom is 0.110 e. The largest absolute Gasteiger partial charge is 0.313 e. The molecule has 2 N–H and O–H groups in total. The SMILES string of the molecule is Cl.NC(c1ccccc1)(c1ccccc1)c1ccc2cnccc2n1. The predicted molar refractivity (Wildman–Crippen MR) is 104 cm³/mol. The monoisotopic (exact) mass is 347 g/mol. The van der Waals surface area contributed by atoms with E-state index in [0.717, 1.165) is 27.7 Å². The Morgan fingerprint density at radius 1 is 0.720 bits per heavy atom. The zero-order chi connectivity index (χ0) is 16.4. The van der Waals surface area contributed by atoms with Crippen LogP contribution in [0.4, 0.5) is 0 Å². The third-order valence-electron chi connectivity index (χ3n) is 4.35. The summed E-state index contributed by atoms with van der Waals surface area (Å²) in [4.78, 5) is 8.98. The lowest BCUT2D eigenvalue weighted by atomic mass is 9.80. The average molecular weight is 348 g/mol. The molecule has 3 nitrogen and oxygen atoms in total. The second kappa shape index (κ2) is 7.01. The van der Waals surface area contributed by atoms with Crippen molar-refractivity contribution >= 4 is 23.3 Å². The van der Waals surface area contributed by atoms with Crippen LogP contribution >= 0.6 is 12.4 Å². The third-order valence-corrected chi connectivity index (χ3v) is 4.35. The Morgan fingerprint density at radius 2 is 1.32 bits per heavy atom. The van der Waals surface area contributed by atoms with Crippen molar-refractivity contribution in [2.75, 3.05) is 0 Å². The van der Waals surface area contributed by atoms with Gasteiger partial charge in [-0.15, -0.1) is 12.4 Å². The van der Waals surface area contributed by atoms with Gasteiger partial charge in [-0.1, -0.05) is 60.7 Å². The van der Waals surface area contributed by atoms with Gasteiger partial charge in [0.15, 0.2) is 0 Å². The lowest BCUT2D eigenvalue weighted by molar-refractivity contribution is 0.632. The van der Waals surface area contributed by atoms with Crippen LogP contribution in [0.25, 0.3) is 10.9 Å². The smallest absolute Gasteiger partial charge is 0.110 e. The maximum atomic E-state index is 6.97. The molecule has 0 bridgehead atoms. The molecule has 0 saturated carbocycles. The molecular weight excluding hydrogens is 330 g/mol. The summed E-state index contributed by atoms with van der Waals surface area (Å²) in [5.41, 5.74) is 9.90. The highest BCUT2D eigenvalue weighted by atomic mass is 35.5. The van der Waals surface area contributed by atoms with Gasteiger partial charge >= 0.3 is 0 Å². The minimum Gasteiger partial charge on any atom is -0.313 e. The van der Waals surface area contributed by atoms with E-state index >= 15 is 0 Å². The lowest BCUT2D eigenvalue weighted by Crippen LogP contribution is -2.40. The first-order valence-corrected chi connectivity index (χ1v) is 7.90. The molecule has 0 radical (unpaired) electrons. The van der Waals surface area contributed by atoms with Crippen LogP contribution in [0.15, 0.2) is 91.3 Å². The fourth-order valence-corrected chi connectivity index (χ4v) is 3.05. The molecule has 0 saturated heterocycles. The Balaban J connectivity index is 0.00000182. The Bertz CT molecular complexity index is 932. The van der Waals surface area contributed by atoms with Crippen molar-refractivity contribution in [3.63, 3.8) is 0 Å². The number of hydrogen-bond donors (Lipinski definition) is 1. The average Bonchev–Trinajstić information content (AvgIpc) is 2.68. The van der Waals surface area contributed by atoms with Gasteiger partial charge in [-0.05, 0) is 29.3 Å². The number of benzene rings is 2. The first-order chi connectivity index (χ1) is 11.8. The first-order valence-electron chi connectivity index (χ1n) is 7.90. The zero-order valence-corrected chi connectivity index (χ0v) is 14.4. The highest BCUT2D eigenvalue weighted by molar-refractivity contribution is 5.85. The summed E-state index contributed by atoms with van der Waals surface area (Å²) in [6, 6.07) is 26.1. The minimum atomic E-state index is -0.806. The van der Waals surface area contributed by atoms with E-state index in [2.05, 4.69) is 4.98 Å². The molecule has 124 valence electrons. The summed E-state index contributed by atoms with van der Waals surface area (Å²) in [5, 5.41) is 1.00. The summed E-state index contributed by atoms with van der Waals surface area (Å²) in [6.45, 7) is 0. The molecule has 2 aromatic carbocycles. The molecule has 0 aliphatic heterocycles. The number of aromatic nitrogens is 2. The van der Waals surface area contributed by atoms with Crippen LogP contribution < -0.4 is 5.73 Å². The maximum absolute atomic E-state index is 6.97. The lowest BCUT2D eigenvalue weighted by Gasteiger charge is -2.30. The van der Waals surface area contributed by atoms with Crippen LogP contribution in [0.2, 0.25) is 0 Å². The van der Waals surface area contributed by atoms with E-state index in [1.165, 1.54) is 0 Å². The summed E-state index contributed by atoms with van der Waals surface area (Å²) in [7, 11) is 0. The van der Waals surface area contributed by atoms with Crippen LogP contribution in [0, 0.1) is 0 Å². The summed E-state index contributed by atoms with van der Waals surface area (Å²) in [6.07, 6.45) is 3.57. The van der Waals surface area contributed by atoms with Gasteiger partial charge in [0.1, 0.15) is 5.54 Å². The molecule has 0 atom stereocenters. The highest BCUT2D eigenvalue weighted by Crippen LogP contribution is 2.33. The van der Waals surface area contributed by atoms with Crippen LogP contribution in [-0.2, 0) is 5.54 Å².